The third kappa shape index (κ3) is 4.08. The van der Waals surface area contributed by atoms with Crippen LogP contribution in [0.5, 0.6) is 0 Å². The van der Waals surface area contributed by atoms with Gasteiger partial charge in [0.05, 0.1) is 33.7 Å². The summed E-state index contributed by atoms with van der Waals surface area (Å²) in [7, 11) is 3.71. The van der Waals surface area contributed by atoms with Gasteiger partial charge >= 0.3 is 6.18 Å². The Morgan fingerprint density at radius 3 is 2.40 bits per heavy atom. The normalized spacial score (nSPS) is 15.5. The van der Waals surface area contributed by atoms with E-state index in [1.165, 1.54) is 19.3 Å². The molecule has 0 aliphatic heterocycles. The second-order valence-corrected chi connectivity index (χ2v) is 8.06. The largest absolute Gasteiger partial charge is 0.416 e. The highest BCUT2D eigenvalue weighted by Crippen LogP contribution is 2.37. The van der Waals surface area contributed by atoms with Crippen molar-refractivity contribution in [3.05, 3.63) is 47.5 Å². The van der Waals surface area contributed by atoms with Gasteiger partial charge in [-0.15, -0.1) is 0 Å². The molecule has 0 unspecified atom stereocenters. The first kappa shape index (κ1) is 20.5. The molecule has 0 spiro atoms. The number of anilines is 3. The summed E-state index contributed by atoms with van der Waals surface area (Å²) >= 11 is 0. The summed E-state index contributed by atoms with van der Waals surface area (Å²) in [5, 5.41) is 2.94. The molecule has 1 fully saturated rings. The molecule has 30 heavy (non-hydrogen) atoms. The minimum absolute atomic E-state index is 0.0199. The van der Waals surface area contributed by atoms with E-state index in [1.54, 1.807) is 0 Å². The van der Waals surface area contributed by atoms with Crippen molar-refractivity contribution in [1.29, 1.82) is 0 Å². The molecule has 0 saturated heterocycles. The van der Waals surface area contributed by atoms with Crippen LogP contribution in [0.25, 0.3) is 11.0 Å². The van der Waals surface area contributed by atoms with Gasteiger partial charge in [-0.1, -0.05) is 19.3 Å². The SMILES string of the molecule is CN(C)c1cc2[nH]c(C3CCCCC3)nc2cc1Nc1ccc(C(F)(F)F)cc1F. The predicted octanol–water partition coefficient (Wildman–Crippen LogP) is 6.58. The lowest BCUT2D eigenvalue weighted by atomic mass is 9.89. The number of nitrogens with zero attached hydrogens (tertiary/aromatic N) is 2. The monoisotopic (exact) mass is 420 g/mol. The van der Waals surface area contributed by atoms with E-state index < -0.39 is 17.6 Å². The second kappa shape index (κ2) is 7.81. The van der Waals surface area contributed by atoms with E-state index in [-0.39, 0.29) is 5.69 Å². The molecule has 1 aliphatic carbocycles. The topological polar surface area (TPSA) is 44.0 Å². The van der Waals surface area contributed by atoms with Crippen LogP contribution in [0.1, 0.15) is 49.4 Å². The highest BCUT2D eigenvalue weighted by molar-refractivity contribution is 5.90. The number of aromatic nitrogens is 2. The number of H-pyrrole nitrogens is 1. The van der Waals surface area contributed by atoms with Crippen molar-refractivity contribution < 1.29 is 17.6 Å². The van der Waals surface area contributed by atoms with Crippen molar-refractivity contribution in [3.8, 4) is 0 Å². The summed E-state index contributed by atoms with van der Waals surface area (Å²) in [6, 6.07) is 6.23. The summed E-state index contributed by atoms with van der Waals surface area (Å²) < 4.78 is 52.8. The van der Waals surface area contributed by atoms with Crippen molar-refractivity contribution in [2.45, 2.75) is 44.2 Å². The molecule has 0 atom stereocenters. The number of imidazole rings is 1. The van der Waals surface area contributed by atoms with Crippen molar-refractivity contribution in [3.63, 3.8) is 0 Å². The van der Waals surface area contributed by atoms with Gasteiger partial charge in [0.25, 0.3) is 0 Å². The summed E-state index contributed by atoms with van der Waals surface area (Å²) in [4.78, 5) is 10.0. The van der Waals surface area contributed by atoms with Crippen LogP contribution in [-0.4, -0.2) is 24.1 Å². The predicted molar refractivity (Wildman–Crippen MR) is 111 cm³/mol. The quantitative estimate of drug-likeness (QED) is 0.469. The Hall–Kier alpha value is -2.77. The standard InChI is InChI=1S/C22H24F4N4/c1-30(2)20-12-18-17(28-21(29-18)13-6-4-3-5-7-13)11-19(20)27-16-9-8-14(10-15(16)23)22(24,25)26/h8-13,27H,3-7H2,1-2H3,(H,28,29). The van der Waals surface area contributed by atoms with Gasteiger partial charge in [0.2, 0.25) is 0 Å². The molecule has 1 heterocycles. The van der Waals surface area contributed by atoms with Gasteiger partial charge in [0.15, 0.2) is 0 Å². The highest BCUT2D eigenvalue weighted by atomic mass is 19.4. The van der Waals surface area contributed by atoms with Gasteiger partial charge in [0, 0.05) is 20.0 Å². The van der Waals surface area contributed by atoms with Crippen LogP contribution in [0.15, 0.2) is 30.3 Å². The molecule has 2 aromatic carbocycles. The number of hydrogen-bond donors (Lipinski definition) is 2. The van der Waals surface area contributed by atoms with Crippen molar-refractivity contribution in [2.75, 3.05) is 24.3 Å². The third-order valence-corrected chi connectivity index (χ3v) is 5.66. The molecule has 160 valence electrons. The number of rotatable bonds is 4. The molecule has 1 saturated carbocycles. The van der Waals surface area contributed by atoms with E-state index in [2.05, 4.69) is 10.3 Å². The maximum Gasteiger partial charge on any atom is 0.416 e. The summed E-state index contributed by atoms with van der Waals surface area (Å²) in [5.41, 5.74) is 1.95. The maximum absolute atomic E-state index is 14.4. The first-order valence-electron chi connectivity index (χ1n) is 10.1. The van der Waals surface area contributed by atoms with Crippen LogP contribution in [0.4, 0.5) is 34.6 Å². The number of fused-ring (bicyclic) bond motifs is 1. The molecule has 1 aliphatic rings. The van der Waals surface area contributed by atoms with Crippen molar-refractivity contribution in [2.24, 2.45) is 0 Å². The zero-order valence-corrected chi connectivity index (χ0v) is 16.9. The average molecular weight is 420 g/mol. The molecule has 4 rings (SSSR count). The van der Waals surface area contributed by atoms with Crippen molar-refractivity contribution >= 4 is 28.1 Å². The molecular formula is C22H24F4N4. The fraction of sp³-hybridized carbons (Fsp3) is 0.409. The van der Waals surface area contributed by atoms with Gasteiger partial charge in [-0.05, 0) is 43.2 Å². The zero-order valence-electron chi connectivity index (χ0n) is 16.9. The number of halogens is 4. The Labute approximate surface area is 172 Å². The first-order valence-corrected chi connectivity index (χ1v) is 10.1. The Bertz CT molecular complexity index is 1050. The number of alkyl halides is 3. The summed E-state index contributed by atoms with van der Waals surface area (Å²) in [6.45, 7) is 0. The van der Waals surface area contributed by atoms with Gasteiger partial charge in [-0.3, -0.25) is 0 Å². The van der Waals surface area contributed by atoms with E-state index in [0.29, 0.717) is 17.7 Å². The lowest BCUT2D eigenvalue weighted by Crippen LogP contribution is -2.11. The Morgan fingerprint density at radius 2 is 1.77 bits per heavy atom. The minimum Gasteiger partial charge on any atom is -0.376 e. The number of benzene rings is 2. The molecule has 2 N–H and O–H groups in total. The highest BCUT2D eigenvalue weighted by Gasteiger charge is 2.31. The van der Waals surface area contributed by atoms with Gasteiger partial charge in [-0.25, -0.2) is 9.37 Å². The molecular weight excluding hydrogens is 396 g/mol. The molecule has 0 radical (unpaired) electrons. The Balaban J connectivity index is 1.69. The Morgan fingerprint density at radius 1 is 1.03 bits per heavy atom. The molecule has 3 aromatic rings. The molecule has 1 aromatic heterocycles. The second-order valence-electron chi connectivity index (χ2n) is 8.06. The van der Waals surface area contributed by atoms with Crippen LogP contribution >= 0.6 is 0 Å². The van der Waals surface area contributed by atoms with Crippen LogP contribution in [0, 0.1) is 5.82 Å². The number of aromatic amines is 1. The lowest BCUT2D eigenvalue weighted by Gasteiger charge is -2.19. The number of nitrogens with one attached hydrogen (secondary N) is 2. The van der Waals surface area contributed by atoms with Gasteiger partial charge < -0.3 is 15.2 Å². The molecule has 0 amide bonds. The van der Waals surface area contributed by atoms with E-state index in [4.69, 9.17) is 4.98 Å². The van der Waals surface area contributed by atoms with Gasteiger partial charge in [-0.2, -0.15) is 13.2 Å². The fourth-order valence-electron chi connectivity index (χ4n) is 4.04. The van der Waals surface area contributed by atoms with E-state index in [1.807, 2.05) is 31.1 Å². The van der Waals surface area contributed by atoms with Crippen molar-refractivity contribution in [1.82, 2.24) is 9.97 Å². The lowest BCUT2D eigenvalue weighted by molar-refractivity contribution is -0.137. The smallest absolute Gasteiger partial charge is 0.376 e. The number of hydrogen-bond acceptors (Lipinski definition) is 3. The van der Waals surface area contributed by atoms with E-state index in [9.17, 15) is 17.6 Å². The third-order valence-electron chi connectivity index (χ3n) is 5.66. The van der Waals surface area contributed by atoms with Crippen LogP contribution < -0.4 is 10.2 Å². The van der Waals surface area contributed by atoms with Crippen LogP contribution in [-0.2, 0) is 6.18 Å². The molecule has 0 bridgehead atoms. The van der Waals surface area contributed by atoms with E-state index >= 15 is 0 Å². The maximum atomic E-state index is 14.4. The molecule has 4 nitrogen and oxygen atoms in total. The average Bonchev–Trinajstić information content (AvgIpc) is 3.11. The van der Waals surface area contributed by atoms with E-state index in [0.717, 1.165) is 47.5 Å². The summed E-state index contributed by atoms with van der Waals surface area (Å²) in [5.74, 6) is 0.421. The first-order chi connectivity index (χ1) is 14.2. The van der Waals surface area contributed by atoms with Crippen LogP contribution in [0.2, 0.25) is 0 Å². The minimum atomic E-state index is -4.59. The fourth-order valence-corrected chi connectivity index (χ4v) is 4.04. The van der Waals surface area contributed by atoms with Gasteiger partial charge in [0.1, 0.15) is 11.6 Å². The molecule has 8 heteroatoms. The Kier molecular flexibility index (Phi) is 5.34. The summed E-state index contributed by atoms with van der Waals surface area (Å²) in [6.07, 6.45) is 1.30. The van der Waals surface area contributed by atoms with Crippen LogP contribution in [0.3, 0.4) is 0 Å². The zero-order chi connectivity index (χ0) is 21.5.